The summed E-state index contributed by atoms with van der Waals surface area (Å²) in [6.45, 7) is 4.61. The highest BCUT2D eigenvalue weighted by Gasteiger charge is 2.42. The molecule has 1 aromatic carbocycles. The zero-order valence-corrected chi connectivity index (χ0v) is 15.3. The first-order valence-electron chi connectivity index (χ1n) is 8.85. The van der Waals surface area contributed by atoms with Crippen LogP contribution in [-0.4, -0.2) is 44.3 Å². The number of benzene rings is 1. The predicted molar refractivity (Wildman–Crippen MR) is 91.5 cm³/mol. The molecule has 0 aliphatic carbocycles. The fourth-order valence-electron chi connectivity index (χ4n) is 3.33. The Bertz CT molecular complexity index is 579. The van der Waals surface area contributed by atoms with Gasteiger partial charge in [-0.1, -0.05) is 12.1 Å². The lowest BCUT2D eigenvalue weighted by molar-refractivity contribution is -0.160. The van der Waals surface area contributed by atoms with E-state index in [9.17, 15) is 18.0 Å². The van der Waals surface area contributed by atoms with Gasteiger partial charge in [0.2, 0.25) is 0 Å². The summed E-state index contributed by atoms with van der Waals surface area (Å²) in [6, 6.07) is 5.25. The standard InChI is InChI=1S/C19H26F3NO3/c1-3-26-17(24)18(10-13-25-2)8-11-23(12-9-18)14-15-4-6-16(7-5-15)19(20,21)22/h4-7H,3,8-14H2,1-2H3. The van der Waals surface area contributed by atoms with E-state index in [-0.39, 0.29) is 5.97 Å². The number of alkyl halides is 3. The lowest BCUT2D eigenvalue weighted by atomic mass is 9.75. The van der Waals surface area contributed by atoms with Gasteiger partial charge in [-0.15, -0.1) is 0 Å². The number of methoxy groups -OCH3 is 1. The van der Waals surface area contributed by atoms with Crippen LogP contribution in [0.15, 0.2) is 24.3 Å². The van der Waals surface area contributed by atoms with E-state index in [1.54, 1.807) is 14.0 Å². The smallest absolute Gasteiger partial charge is 0.416 e. The Morgan fingerprint density at radius 1 is 1.19 bits per heavy atom. The van der Waals surface area contributed by atoms with Gasteiger partial charge in [-0.05, 0) is 57.0 Å². The van der Waals surface area contributed by atoms with Crippen LogP contribution in [0.3, 0.4) is 0 Å². The highest BCUT2D eigenvalue weighted by Crippen LogP contribution is 2.37. The fraction of sp³-hybridized carbons (Fsp3) is 0.632. The van der Waals surface area contributed by atoms with Crippen LogP contribution in [-0.2, 0) is 27.0 Å². The van der Waals surface area contributed by atoms with Crippen molar-refractivity contribution in [3.63, 3.8) is 0 Å². The Kier molecular flexibility index (Phi) is 7.06. The van der Waals surface area contributed by atoms with Crippen molar-refractivity contribution in [2.75, 3.05) is 33.4 Å². The molecule has 0 N–H and O–H groups in total. The molecule has 1 fully saturated rings. The Labute approximate surface area is 152 Å². The largest absolute Gasteiger partial charge is 0.466 e. The Morgan fingerprint density at radius 2 is 1.81 bits per heavy atom. The molecule has 0 saturated carbocycles. The molecule has 0 spiro atoms. The lowest BCUT2D eigenvalue weighted by Gasteiger charge is -2.40. The van der Waals surface area contributed by atoms with E-state index in [1.807, 2.05) is 0 Å². The summed E-state index contributed by atoms with van der Waals surface area (Å²) in [5, 5.41) is 0. The van der Waals surface area contributed by atoms with Crippen molar-refractivity contribution >= 4 is 5.97 Å². The highest BCUT2D eigenvalue weighted by molar-refractivity contribution is 5.77. The van der Waals surface area contributed by atoms with Gasteiger partial charge in [-0.2, -0.15) is 13.2 Å². The molecule has 1 aliphatic heterocycles. The van der Waals surface area contributed by atoms with Gasteiger partial charge in [0.25, 0.3) is 0 Å². The van der Waals surface area contributed by atoms with E-state index in [4.69, 9.17) is 9.47 Å². The number of halogens is 3. The average Bonchev–Trinajstić information content (AvgIpc) is 2.61. The van der Waals surface area contributed by atoms with E-state index in [2.05, 4.69) is 4.90 Å². The second-order valence-electron chi connectivity index (χ2n) is 6.71. The first-order valence-corrected chi connectivity index (χ1v) is 8.85. The van der Waals surface area contributed by atoms with Crippen molar-refractivity contribution < 1.29 is 27.4 Å². The minimum Gasteiger partial charge on any atom is -0.466 e. The molecular formula is C19H26F3NO3. The lowest BCUT2D eigenvalue weighted by Crippen LogP contribution is -2.45. The van der Waals surface area contributed by atoms with Crippen molar-refractivity contribution in [1.29, 1.82) is 0 Å². The van der Waals surface area contributed by atoms with Crippen molar-refractivity contribution in [1.82, 2.24) is 4.90 Å². The van der Waals surface area contributed by atoms with Crippen LogP contribution in [0, 0.1) is 5.41 Å². The third-order valence-corrected chi connectivity index (χ3v) is 4.99. The molecular weight excluding hydrogens is 347 g/mol. The van der Waals surface area contributed by atoms with Crippen LogP contribution in [0.25, 0.3) is 0 Å². The van der Waals surface area contributed by atoms with Gasteiger partial charge in [0.1, 0.15) is 0 Å². The number of esters is 1. The quantitative estimate of drug-likeness (QED) is 0.680. The minimum atomic E-state index is -4.32. The van der Waals surface area contributed by atoms with Crippen molar-refractivity contribution in [3.05, 3.63) is 35.4 Å². The normalized spacial score (nSPS) is 17.9. The SMILES string of the molecule is CCOC(=O)C1(CCOC)CCN(Cc2ccc(C(F)(F)F)cc2)CC1. The molecule has 0 unspecified atom stereocenters. The average molecular weight is 373 g/mol. The van der Waals surface area contributed by atoms with E-state index in [1.165, 1.54) is 12.1 Å². The molecule has 4 nitrogen and oxygen atoms in total. The molecule has 0 atom stereocenters. The molecule has 2 rings (SSSR count). The maximum Gasteiger partial charge on any atom is 0.416 e. The van der Waals surface area contributed by atoms with E-state index in [0.29, 0.717) is 52.1 Å². The van der Waals surface area contributed by atoms with Crippen LogP contribution in [0.2, 0.25) is 0 Å². The van der Waals surface area contributed by atoms with Crippen LogP contribution in [0.5, 0.6) is 0 Å². The van der Waals surface area contributed by atoms with Gasteiger partial charge in [-0.25, -0.2) is 0 Å². The summed E-state index contributed by atoms with van der Waals surface area (Å²) >= 11 is 0. The second kappa shape index (κ2) is 8.86. The van der Waals surface area contributed by atoms with Gasteiger partial charge in [0.15, 0.2) is 0 Å². The predicted octanol–water partition coefficient (Wildman–Crippen LogP) is 3.89. The number of carbonyl (C=O) groups excluding carboxylic acids is 1. The second-order valence-corrected chi connectivity index (χ2v) is 6.71. The third-order valence-electron chi connectivity index (χ3n) is 4.99. The summed E-state index contributed by atoms with van der Waals surface area (Å²) in [6.07, 6.45) is -2.37. The molecule has 1 heterocycles. The van der Waals surface area contributed by atoms with Gasteiger partial charge in [0, 0.05) is 20.3 Å². The number of piperidine rings is 1. The fourth-order valence-corrected chi connectivity index (χ4v) is 3.33. The molecule has 0 aromatic heterocycles. The Hall–Kier alpha value is -1.60. The first-order chi connectivity index (χ1) is 12.3. The number of carbonyl (C=O) groups is 1. The van der Waals surface area contributed by atoms with E-state index in [0.717, 1.165) is 17.7 Å². The number of rotatable bonds is 7. The number of likely N-dealkylation sites (tertiary alicyclic amines) is 1. The van der Waals surface area contributed by atoms with Crippen molar-refractivity contribution in [2.24, 2.45) is 5.41 Å². The molecule has 0 amide bonds. The molecule has 0 bridgehead atoms. The van der Waals surface area contributed by atoms with Crippen molar-refractivity contribution in [3.8, 4) is 0 Å². The first kappa shape index (κ1) is 20.7. The number of ether oxygens (including phenoxy) is 2. The zero-order chi connectivity index (χ0) is 19.2. The van der Waals surface area contributed by atoms with Crippen LogP contribution in [0.4, 0.5) is 13.2 Å². The monoisotopic (exact) mass is 373 g/mol. The molecule has 0 radical (unpaired) electrons. The number of hydrogen-bond acceptors (Lipinski definition) is 4. The van der Waals surface area contributed by atoms with Crippen LogP contribution in [0.1, 0.15) is 37.3 Å². The minimum absolute atomic E-state index is 0.175. The molecule has 7 heteroatoms. The number of nitrogens with zero attached hydrogens (tertiary/aromatic N) is 1. The summed E-state index contributed by atoms with van der Waals surface area (Å²) in [4.78, 5) is 14.6. The van der Waals surface area contributed by atoms with E-state index < -0.39 is 17.2 Å². The Morgan fingerprint density at radius 3 is 2.31 bits per heavy atom. The third kappa shape index (κ3) is 5.20. The molecule has 146 valence electrons. The topological polar surface area (TPSA) is 38.8 Å². The number of hydrogen-bond donors (Lipinski definition) is 0. The molecule has 26 heavy (non-hydrogen) atoms. The summed E-state index contributed by atoms with van der Waals surface area (Å²) < 4.78 is 48.3. The van der Waals surface area contributed by atoms with Gasteiger partial charge in [0.05, 0.1) is 17.6 Å². The Balaban J connectivity index is 1.96. The maximum atomic E-state index is 12.6. The van der Waals surface area contributed by atoms with Crippen molar-refractivity contribution in [2.45, 2.75) is 38.9 Å². The van der Waals surface area contributed by atoms with Crippen LogP contribution >= 0.6 is 0 Å². The summed E-state index contributed by atoms with van der Waals surface area (Å²) in [5.41, 5.74) is -0.331. The zero-order valence-electron chi connectivity index (χ0n) is 15.3. The molecule has 1 saturated heterocycles. The van der Waals surface area contributed by atoms with Crippen LogP contribution < -0.4 is 0 Å². The summed E-state index contributed by atoms with van der Waals surface area (Å²) in [7, 11) is 1.61. The maximum absolute atomic E-state index is 12.6. The highest BCUT2D eigenvalue weighted by atomic mass is 19.4. The molecule has 1 aromatic rings. The van der Waals surface area contributed by atoms with Gasteiger partial charge < -0.3 is 9.47 Å². The summed E-state index contributed by atoms with van der Waals surface area (Å²) in [5.74, 6) is -0.175. The van der Waals surface area contributed by atoms with Gasteiger partial charge >= 0.3 is 12.1 Å². The molecule has 1 aliphatic rings. The van der Waals surface area contributed by atoms with Gasteiger partial charge in [-0.3, -0.25) is 9.69 Å². The van der Waals surface area contributed by atoms with E-state index >= 15 is 0 Å².